The summed E-state index contributed by atoms with van der Waals surface area (Å²) in [6.07, 6.45) is -4.39. The van der Waals surface area contributed by atoms with E-state index in [0.717, 1.165) is 6.07 Å². The molecule has 0 aliphatic rings. The van der Waals surface area contributed by atoms with Crippen molar-refractivity contribution in [1.29, 1.82) is 0 Å². The van der Waals surface area contributed by atoms with E-state index in [9.17, 15) is 13.2 Å². The maximum Gasteiger partial charge on any atom is 0.417 e. The molecule has 0 heterocycles. The maximum absolute atomic E-state index is 12.5. The molecule has 0 bridgehead atoms. The number of alkyl halides is 3. The van der Waals surface area contributed by atoms with Gasteiger partial charge in [0.05, 0.1) is 16.6 Å². The number of hydrogen-bond donors (Lipinski definition) is 0. The molecule has 84 valence electrons. The SMILES string of the molecule is CCOc1cc(Br)cc(C(F)(F)F)c1Br. The van der Waals surface area contributed by atoms with Crippen LogP contribution in [0.1, 0.15) is 12.5 Å². The molecule has 0 saturated carbocycles. The highest BCUT2D eigenvalue weighted by Gasteiger charge is 2.34. The number of halogens is 5. The summed E-state index contributed by atoms with van der Waals surface area (Å²) in [6, 6.07) is 2.50. The van der Waals surface area contributed by atoms with Gasteiger partial charge in [-0.1, -0.05) is 15.9 Å². The fourth-order valence-corrected chi connectivity index (χ4v) is 2.04. The largest absolute Gasteiger partial charge is 0.493 e. The van der Waals surface area contributed by atoms with Crippen molar-refractivity contribution >= 4 is 31.9 Å². The van der Waals surface area contributed by atoms with Gasteiger partial charge < -0.3 is 4.74 Å². The highest BCUT2D eigenvalue weighted by molar-refractivity contribution is 9.11. The van der Waals surface area contributed by atoms with Gasteiger partial charge in [-0.25, -0.2) is 0 Å². The molecule has 0 aromatic heterocycles. The van der Waals surface area contributed by atoms with Gasteiger partial charge in [0.25, 0.3) is 0 Å². The molecule has 0 radical (unpaired) electrons. The van der Waals surface area contributed by atoms with Gasteiger partial charge in [0.1, 0.15) is 5.75 Å². The highest BCUT2D eigenvalue weighted by Crippen LogP contribution is 2.41. The molecule has 0 amide bonds. The fourth-order valence-electron chi connectivity index (χ4n) is 1.03. The van der Waals surface area contributed by atoms with Crippen LogP contribution in [0.2, 0.25) is 0 Å². The monoisotopic (exact) mass is 346 g/mol. The van der Waals surface area contributed by atoms with Crippen LogP contribution in [0.25, 0.3) is 0 Å². The van der Waals surface area contributed by atoms with Crippen LogP contribution in [0.4, 0.5) is 13.2 Å². The highest BCUT2D eigenvalue weighted by atomic mass is 79.9. The first-order chi connectivity index (χ1) is 6.86. The summed E-state index contributed by atoms with van der Waals surface area (Å²) in [5.41, 5.74) is -0.750. The van der Waals surface area contributed by atoms with E-state index in [1.807, 2.05) is 0 Å². The molecule has 0 atom stereocenters. The number of hydrogen-bond acceptors (Lipinski definition) is 1. The summed E-state index contributed by atoms with van der Waals surface area (Å²) in [5, 5.41) is 0. The van der Waals surface area contributed by atoms with Gasteiger partial charge in [0.15, 0.2) is 0 Å². The topological polar surface area (TPSA) is 9.23 Å². The lowest BCUT2D eigenvalue weighted by atomic mass is 10.2. The number of rotatable bonds is 2. The van der Waals surface area contributed by atoms with Gasteiger partial charge in [-0.05, 0) is 35.0 Å². The van der Waals surface area contributed by atoms with E-state index < -0.39 is 11.7 Å². The van der Waals surface area contributed by atoms with E-state index in [1.165, 1.54) is 6.07 Å². The van der Waals surface area contributed by atoms with Crippen LogP contribution < -0.4 is 4.74 Å². The van der Waals surface area contributed by atoms with Crippen LogP contribution in [0.5, 0.6) is 5.75 Å². The Morgan fingerprint density at radius 2 is 1.87 bits per heavy atom. The molecule has 0 aliphatic carbocycles. The molecule has 1 aromatic rings. The van der Waals surface area contributed by atoms with Crippen LogP contribution in [0, 0.1) is 0 Å². The predicted octanol–water partition coefficient (Wildman–Crippen LogP) is 4.63. The van der Waals surface area contributed by atoms with Gasteiger partial charge in [-0.15, -0.1) is 0 Å². The molecule has 0 aliphatic heterocycles. The van der Waals surface area contributed by atoms with Gasteiger partial charge in [-0.2, -0.15) is 13.2 Å². The number of benzene rings is 1. The standard InChI is InChI=1S/C9H7Br2F3O/c1-2-15-7-4-5(10)3-6(8(7)11)9(12,13)14/h3-4H,2H2,1H3. The Kier molecular flexibility index (Phi) is 4.06. The molecule has 6 heteroatoms. The van der Waals surface area contributed by atoms with Crippen LogP contribution in [0.15, 0.2) is 21.1 Å². The molecule has 1 aromatic carbocycles. The van der Waals surface area contributed by atoms with Gasteiger partial charge >= 0.3 is 6.18 Å². The molecule has 1 rings (SSSR count). The average molecular weight is 348 g/mol. The zero-order chi connectivity index (χ0) is 11.6. The second-order valence-corrected chi connectivity index (χ2v) is 4.40. The fraction of sp³-hybridized carbons (Fsp3) is 0.333. The Morgan fingerprint density at radius 1 is 1.27 bits per heavy atom. The first-order valence-corrected chi connectivity index (χ1v) is 5.64. The Bertz CT molecular complexity index is 363. The van der Waals surface area contributed by atoms with E-state index in [4.69, 9.17) is 4.74 Å². The minimum atomic E-state index is -4.39. The first kappa shape index (κ1) is 12.8. The van der Waals surface area contributed by atoms with E-state index >= 15 is 0 Å². The van der Waals surface area contributed by atoms with Crippen molar-refractivity contribution in [3.63, 3.8) is 0 Å². The third-order valence-electron chi connectivity index (χ3n) is 1.61. The summed E-state index contributed by atoms with van der Waals surface area (Å²) in [6.45, 7) is 2.02. The Morgan fingerprint density at radius 3 is 2.33 bits per heavy atom. The van der Waals surface area contributed by atoms with Crippen molar-refractivity contribution in [3.8, 4) is 5.75 Å². The van der Waals surface area contributed by atoms with Crippen molar-refractivity contribution < 1.29 is 17.9 Å². The zero-order valence-electron chi connectivity index (χ0n) is 7.66. The second-order valence-electron chi connectivity index (χ2n) is 2.70. The quantitative estimate of drug-likeness (QED) is 0.758. The summed E-state index contributed by atoms with van der Waals surface area (Å²) >= 11 is 5.90. The molecule has 0 unspecified atom stereocenters. The lowest BCUT2D eigenvalue weighted by Crippen LogP contribution is -2.07. The Labute approximate surface area is 102 Å². The van der Waals surface area contributed by atoms with Crippen molar-refractivity contribution in [2.24, 2.45) is 0 Å². The smallest absolute Gasteiger partial charge is 0.417 e. The van der Waals surface area contributed by atoms with Crippen molar-refractivity contribution in [2.45, 2.75) is 13.1 Å². The molecule has 0 fully saturated rings. The van der Waals surface area contributed by atoms with Gasteiger partial charge in [0.2, 0.25) is 0 Å². The number of ether oxygens (including phenoxy) is 1. The predicted molar refractivity (Wildman–Crippen MR) is 58.0 cm³/mol. The molecule has 0 N–H and O–H groups in total. The lowest BCUT2D eigenvalue weighted by molar-refractivity contribution is -0.138. The van der Waals surface area contributed by atoms with E-state index in [0.29, 0.717) is 11.1 Å². The molecule has 15 heavy (non-hydrogen) atoms. The van der Waals surface area contributed by atoms with Gasteiger partial charge in [0, 0.05) is 4.47 Å². The van der Waals surface area contributed by atoms with E-state index in [-0.39, 0.29) is 10.2 Å². The summed E-state index contributed by atoms with van der Waals surface area (Å²) in [7, 11) is 0. The first-order valence-electron chi connectivity index (χ1n) is 4.05. The van der Waals surface area contributed by atoms with Crippen LogP contribution >= 0.6 is 31.9 Å². The van der Waals surface area contributed by atoms with E-state index in [2.05, 4.69) is 31.9 Å². The molecular formula is C9H7Br2F3O. The average Bonchev–Trinajstić information content (AvgIpc) is 2.09. The minimum absolute atomic E-state index is 0.0694. The van der Waals surface area contributed by atoms with Crippen LogP contribution in [-0.2, 0) is 6.18 Å². The molecular weight excluding hydrogens is 341 g/mol. The van der Waals surface area contributed by atoms with E-state index in [1.54, 1.807) is 6.92 Å². The second kappa shape index (κ2) is 4.74. The summed E-state index contributed by atoms with van der Waals surface area (Å²) < 4.78 is 43.0. The molecule has 0 spiro atoms. The summed E-state index contributed by atoms with van der Waals surface area (Å²) in [5.74, 6) is 0.180. The maximum atomic E-state index is 12.5. The van der Waals surface area contributed by atoms with Crippen LogP contribution in [-0.4, -0.2) is 6.61 Å². The van der Waals surface area contributed by atoms with Crippen molar-refractivity contribution in [1.82, 2.24) is 0 Å². The third kappa shape index (κ3) is 3.11. The van der Waals surface area contributed by atoms with Crippen LogP contribution in [0.3, 0.4) is 0 Å². The Hall–Kier alpha value is -0.230. The summed E-state index contributed by atoms with van der Waals surface area (Å²) in [4.78, 5) is 0. The van der Waals surface area contributed by atoms with Crippen molar-refractivity contribution in [2.75, 3.05) is 6.61 Å². The molecule has 1 nitrogen and oxygen atoms in total. The van der Waals surface area contributed by atoms with Crippen molar-refractivity contribution in [3.05, 3.63) is 26.6 Å². The molecule has 0 saturated heterocycles. The van der Waals surface area contributed by atoms with Gasteiger partial charge in [-0.3, -0.25) is 0 Å². The minimum Gasteiger partial charge on any atom is -0.493 e. The normalized spacial score (nSPS) is 11.6. The third-order valence-corrected chi connectivity index (χ3v) is 2.89. The zero-order valence-corrected chi connectivity index (χ0v) is 10.8. The lowest BCUT2D eigenvalue weighted by Gasteiger charge is -2.13. The Balaban J connectivity index is 3.28.